The fraction of sp³-hybridized carbons (Fsp3) is 0.387. The van der Waals surface area contributed by atoms with Gasteiger partial charge in [0, 0.05) is 31.9 Å². The third-order valence-electron chi connectivity index (χ3n) is 7.47. The van der Waals surface area contributed by atoms with Gasteiger partial charge in [-0.3, -0.25) is 4.79 Å². The van der Waals surface area contributed by atoms with E-state index in [1.807, 2.05) is 17.0 Å². The highest BCUT2D eigenvalue weighted by molar-refractivity contribution is 6.05. The quantitative estimate of drug-likeness (QED) is 0.404. The van der Waals surface area contributed by atoms with Crippen molar-refractivity contribution in [2.24, 2.45) is 5.92 Å². The average Bonchev–Trinajstić information content (AvgIpc) is 3.19. The molecule has 2 aliphatic rings. The Morgan fingerprint density at radius 3 is 1.97 bits per heavy atom. The van der Waals surface area contributed by atoms with Gasteiger partial charge in [-0.05, 0) is 41.5 Å². The highest BCUT2D eigenvalue weighted by Crippen LogP contribution is 2.41. The number of piperidine rings is 1. The van der Waals surface area contributed by atoms with E-state index in [1.165, 1.54) is 16.7 Å². The third-order valence-corrected chi connectivity index (χ3v) is 7.47. The van der Waals surface area contributed by atoms with Crippen molar-refractivity contribution in [3.63, 3.8) is 0 Å². The van der Waals surface area contributed by atoms with Crippen molar-refractivity contribution >= 4 is 11.6 Å². The molecule has 1 atom stereocenters. The second-order valence-corrected chi connectivity index (χ2v) is 10.1. The monoisotopic (exact) mass is 468 g/mol. The standard InChI is InChI=1S/C31H36N2O2/c1-23(2)29-27-15-9-10-16-28(27)33(31(29)34)22-21-32-19-17-26(18-20-32)35-30(24-11-5-3-6-12-24)25-13-7-4-8-14-25/h3-16,23,26,29-30H,17-22H2,1-2H3. The Bertz CT molecular complexity index is 1070. The van der Waals surface area contributed by atoms with Gasteiger partial charge in [0.2, 0.25) is 5.91 Å². The van der Waals surface area contributed by atoms with Gasteiger partial charge in [-0.2, -0.15) is 0 Å². The first-order chi connectivity index (χ1) is 17.1. The Hall–Kier alpha value is -2.95. The van der Waals surface area contributed by atoms with E-state index >= 15 is 0 Å². The highest BCUT2D eigenvalue weighted by Gasteiger charge is 2.38. The van der Waals surface area contributed by atoms with Crippen LogP contribution in [-0.4, -0.2) is 43.1 Å². The molecule has 0 aromatic heterocycles. The first-order valence-corrected chi connectivity index (χ1v) is 13.0. The molecule has 3 aromatic rings. The molecule has 35 heavy (non-hydrogen) atoms. The maximum atomic E-state index is 13.2. The van der Waals surface area contributed by atoms with Crippen molar-refractivity contribution in [2.45, 2.75) is 44.8 Å². The molecule has 2 aliphatic heterocycles. The fourth-order valence-electron chi connectivity index (χ4n) is 5.60. The van der Waals surface area contributed by atoms with Crippen LogP contribution in [0.2, 0.25) is 0 Å². The summed E-state index contributed by atoms with van der Waals surface area (Å²) in [5.74, 6) is 0.551. The third kappa shape index (κ3) is 5.19. The zero-order chi connectivity index (χ0) is 24.2. The Kier molecular flexibility index (Phi) is 7.31. The van der Waals surface area contributed by atoms with Crippen LogP contribution in [0.4, 0.5) is 5.69 Å². The Morgan fingerprint density at radius 2 is 1.37 bits per heavy atom. The van der Waals surface area contributed by atoms with Crippen LogP contribution in [0.25, 0.3) is 0 Å². The molecule has 1 amide bonds. The number of anilines is 1. The van der Waals surface area contributed by atoms with Crippen LogP contribution >= 0.6 is 0 Å². The second kappa shape index (κ2) is 10.8. The molecule has 0 aliphatic carbocycles. The number of carbonyl (C=O) groups is 1. The predicted octanol–water partition coefficient (Wildman–Crippen LogP) is 6.04. The number of rotatable bonds is 8. The lowest BCUT2D eigenvalue weighted by atomic mass is 9.90. The van der Waals surface area contributed by atoms with Crippen molar-refractivity contribution in [3.05, 3.63) is 102 Å². The summed E-state index contributed by atoms with van der Waals surface area (Å²) in [5, 5.41) is 0. The van der Waals surface area contributed by atoms with E-state index in [1.54, 1.807) is 0 Å². The van der Waals surface area contributed by atoms with Crippen LogP contribution < -0.4 is 4.90 Å². The maximum Gasteiger partial charge on any atom is 0.234 e. The van der Waals surface area contributed by atoms with Crippen LogP contribution in [0.15, 0.2) is 84.9 Å². The minimum absolute atomic E-state index is 0.0155. The number of hydrogen-bond donors (Lipinski definition) is 0. The van der Waals surface area contributed by atoms with Gasteiger partial charge in [0.05, 0.1) is 12.0 Å². The molecular formula is C31H36N2O2. The van der Waals surface area contributed by atoms with Gasteiger partial charge < -0.3 is 14.5 Å². The number of para-hydroxylation sites is 1. The van der Waals surface area contributed by atoms with E-state index in [0.717, 1.165) is 44.7 Å². The summed E-state index contributed by atoms with van der Waals surface area (Å²) in [6, 6.07) is 29.4. The normalized spacial score (nSPS) is 19.0. The van der Waals surface area contributed by atoms with E-state index in [4.69, 9.17) is 4.74 Å². The smallest absolute Gasteiger partial charge is 0.234 e. The molecule has 1 unspecified atom stereocenters. The first kappa shape index (κ1) is 23.8. The molecule has 4 heteroatoms. The number of ether oxygens (including phenoxy) is 1. The van der Waals surface area contributed by atoms with Crippen LogP contribution in [0.5, 0.6) is 0 Å². The minimum atomic E-state index is -0.0411. The van der Waals surface area contributed by atoms with E-state index in [2.05, 4.69) is 91.5 Å². The Morgan fingerprint density at radius 1 is 0.800 bits per heavy atom. The summed E-state index contributed by atoms with van der Waals surface area (Å²) in [6.45, 7) is 7.94. The van der Waals surface area contributed by atoms with Crippen LogP contribution in [0, 0.1) is 5.92 Å². The molecule has 2 heterocycles. The van der Waals surface area contributed by atoms with E-state index in [0.29, 0.717) is 5.92 Å². The average molecular weight is 469 g/mol. The molecule has 0 bridgehead atoms. The predicted molar refractivity (Wildman–Crippen MR) is 142 cm³/mol. The van der Waals surface area contributed by atoms with Crippen LogP contribution in [0.1, 0.15) is 55.4 Å². The summed E-state index contributed by atoms with van der Waals surface area (Å²) >= 11 is 0. The fourth-order valence-corrected chi connectivity index (χ4v) is 5.60. The van der Waals surface area contributed by atoms with Gasteiger partial charge in [-0.25, -0.2) is 0 Å². The van der Waals surface area contributed by atoms with Crippen molar-refractivity contribution in [1.29, 1.82) is 0 Å². The van der Waals surface area contributed by atoms with E-state index in [-0.39, 0.29) is 24.0 Å². The van der Waals surface area contributed by atoms with Crippen LogP contribution in [-0.2, 0) is 9.53 Å². The van der Waals surface area contributed by atoms with Crippen molar-refractivity contribution in [2.75, 3.05) is 31.1 Å². The molecule has 0 spiro atoms. The van der Waals surface area contributed by atoms with Crippen molar-refractivity contribution in [3.8, 4) is 0 Å². The number of fused-ring (bicyclic) bond motifs is 1. The summed E-state index contributed by atoms with van der Waals surface area (Å²) in [5.41, 5.74) is 4.69. The van der Waals surface area contributed by atoms with Gasteiger partial charge in [0.15, 0.2) is 0 Å². The molecule has 182 valence electrons. The molecular weight excluding hydrogens is 432 g/mol. The number of carbonyl (C=O) groups excluding carboxylic acids is 1. The van der Waals surface area contributed by atoms with E-state index < -0.39 is 0 Å². The summed E-state index contributed by atoms with van der Waals surface area (Å²) in [7, 11) is 0. The number of hydrogen-bond acceptors (Lipinski definition) is 3. The molecule has 5 rings (SSSR count). The highest BCUT2D eigenvalue weighted by atomic mass is 16.5. The Labute approximate surface area is 209 Å². The van der Waals surface area contributed by atoms with Gasteiger partial charge in [-0.1, -0.05) is 92.7 Å². The lowest BCUT2D eigenvalue weighted by Crippen LogP contribution is -2.43. The topological polar surface area (TPSA) is 32.8 Å². The zero-order valence-electron chi connectivity index (χ0n) is 20.8. The zero-order valence-corrected chi connectivity index (χ0v) is 20.8. The van der Waals surface area contributed by atoms with Crippen LogP contribution in [0.3, 0.4) is 0 Å². The molecule has 1 fully saturated rings. The number of likely N-dealkylation sites (tertiary alicyclic amines) is 1. The summed E-state index contributed by atoms with van der Waals surface area (Å²) in [4.78, 5) is 17.7. The SMILES string of the molecule is CC(C)C1C(=O)N(CCN2CCC(OC(c3ccccc3)c3ccccc3)CC2)c2ccccc21. The molecule has 3 aromatic carbocycles. The van der Waals surface area contributed by atoms with Gasteiger partial charge in [0.1, 0.15) is 6.10 Å². The maximum absolute atomic E-state index is 13.2. The second-order valence-electron chi connectivity index (χ2n) is 10.1. The molecule has 0 saturated carbocycles. The molecule has 4 nitrogen and oxygen atoms in total. The van der Waals surface area contributed by atoms with E-state index in [9.17, 15) is 4.79 Å². The van der Waals surface area contributed by atoms with Gasteiger partial charge >= 0.3 is 0 Å². The number of benzene rings is 3. The van der Waals surface area contributed by atoms with Crippen molar-refractivity contribution in [1.82, 2.24) is 4.90 Å². The Balaban J connectivity index is 1.18. The van der Waals surface area contributed by atoms with Gasteiger partial charge in [0.25, 0.3) is 0 Å². The largest absolute Gasteiger partial charge is 0.365 e. The first-order valence-electron chi connectivity index (χ1n) is 13.0. The molecule has 0 N–H and O–H groups in total. The lowest BCUT2D eigenvalue weighted by molar-refractivity contribution is -0.120. The molecule has 0 radical (unpaired) electrons. The number of nitrogens with zero attached hydrogens (tertiary/aromatic N) is 2. The van der Waals surface area contributed by atoms with Crippen molar-refractivity contribution < 1.29 is 9.53 Å². The molecule has 1 saturated heterocycles. The summed E-state index contributed by atoms with van der Waals surface area (Å²) in [6.07, 6.45) is 2.21. The van der Waals surface area contributed by atoms with Gasteiger partial charge in [-0.15, -0.1) is 0 Å². The number of amides is 1. The minimum Gasteiger partial charge on any atom is -0.365 e. The summed E-state index contributed by atoms with van der Waals surface area (Å²) < 4.78 is 6.70. The lowest BCUT2D eigenvalue weighted by Gasteiger charge is -2.35.